The Hall–Kier alpha value is -2.12. The number of pyridine rings is 1. The number of carbonyl (C=O) groups excluding carboxylic acids is 1. The fraction of sp³-hybridized carbons (Fsp3) is 0.400. The predicted molar refractivity (Wildman–Crippen MR) is 112 cm³/mol. The number of halogens is 1. The Labute approximate surface area is 170 Å². The summed E-state index contributed by atoms with van der Waals surface area (Å²) in [5.41, 5.74) is 2.19. The monoisotopic (exact) mass is 421 g/mol. The van der Waals surface area contributed by atoms with Gasteiger partial charge < -0.3 is 10.6 Å². The van der Waals surface area contributed by atoms with Crippen LogP contribution < -0.4 is 10.6 Å². The molecule has 1 aromatic carbocycles. The van der Waals surface area contributed by atoms with Gasteiger partial charge in [0.1, 0.15) is 5.82 Å². The summed E-state index contributed by atoms with van der Waals surface area (Å²) in [6, 6.07) is 9.19. The number of hydrogen-bond acceptors (Lipinski definition) is 5. The minimum absolute atomic E-state index is 0.0202. The van der Waals surface area contributed by atoms with Gasteiger partial charge in [0.15, 0.2) is 9.84 Å². The molecule has 6 nitrogen and oxygen atoms in total. The minimum atomic E-state index is -2.95. The number of aromatic nitrogens is 1. The second kappa shape index (κ2) is 8.49. The molecule has 1 fully saturated rings. The van der Waals surface area contributed by atoms with Gasteiger partial charge in [-0.25, -0.2) is 13.4 Å². The number of carbonyl (C=O) groups is 1. The van der Waals surface area contributed by atoms with Gasteiger partial charge in [-0.3, -0.25) is 4.79 Å². The minimum Gasteiger partial charge on any atom is -0.352 e. The number of anilines is 2. The van der Waals surface area contributed by atoms with E-state index in [-0.39, 0.29) is 29.2 Å². The molecule has 3 rings (SSSR count). The van der Waals surface area contributed by atoms with Crippen molar-refractivity contribution in [2.75, 3.05) is 23.4 Å². The summed E-state index contributed by atoms with van der Waals surface area (Å²) in [7, 11) is -2.95. The van der Waals surface area contributed by atoms with Crippen molar-refractivity contribution in [3.05, 3.63) is 52.7 Å². The molecule has 0 bridgehead atoms. The van der Waals surface area contributed by atoms with Crippen LogP contribution >= 0.6 is 11.6 Å². The molecule has 2 N–H and O–H groups in total. The number of benzene rings is 1. The van der Waals surface area contributed by atoms with Gasteiger partial charge in [0.2, 0.25) is 0 Å². The number of rotatable bonds is 6. The van der Waals surface area contributed by atoms with Crippen molar-refractivity contribution in [2.24, 2.45) is 5.92 Å². The van der Waals surface area contributed by atoms with E-state index >= 15 is 0 Å². The van der Waals surface area contributed by atoms with Crippen LogP contribution in [0.25, 0.3) is 0 Å². The van der Waals surface area contributed by atoms with Gasteiger partial charge in [-0.1, -0.05) is 31.5 Å². The molecule has 1 amide bonds. The molecule has 1 saturated heterocycles. The number of sulfone groups is 1. The van der Waals surface area contributed by atoms with E-state index in [0.29, 0.717) is 29.4 Å². The standard InChI is InChI=1S/C20H24ClN3O3S/c1-13(2)17-9-19(24-16-5-3-4-15(21)8-16)22-11-18(17)20(25)23-10-14-6-7-28(26,27)12-14/h3-5,8-9,11,13-14H,6-7,10,12H2,1-2H3,(H,22,24)(H,23,25). The van der Waals surface area contributed by atoms with Crippen LogP contribution in [0.2, 0.25) is 5.02 Å². The zero-order valence-corrected chi connectivity index (χ0v) is 17.5. The molecule has 1 atom stereocenters. The summed E-state index contributed by atoms with van der Waals surface area (Å²) >= 11 is 6.01. The first kappa shape index (κ1) is 20.6. The predicted octanol–water partition coefficient (Wildman–Crippen LogP) is 3.77. The average Bonchev–Trinajstić information content (AvgIpc) is 2.98. The molecule has 0 aliphatic carbocycles. The lowest BCUT2D eigenvalue weighted by molar-refractivity contribution is 0.0947. The van der Waals surface area contributed by atoms with Crippen molar-refractivity contribution in [1.82, 2.24) is 10.3 Å². The van der Waals surface area contributed by atoms with Gasteiger partial charge in [0.05, 0.1) is 17.1 Å². The largest absolute Gasteiger partial charge is 0.352 e. The maximum Gasteiger partial charge on any atom is 0.253 e. The molecular weight excluding hydrogens is 398 g/mol. The van der Waals surface area contributed by atoms with E-state index in [1.54, 1.807) is 18.3 Å². The molecule has 8 heteroatoms. The van der Waals surface area contributed by atoms with Crippen LogP contribution in [0.3, 0.4) is 0 Å². The Morgan fingerprint density at radius 2 is 2.11 bits per heavy atom. The van der Waals surface area contributed by atoms with Crippen molar-refractivity contribution in [3.8, 4) is 0 Å². The van der Waals surface area contributed by atoms with E-state index in [2.05, 4.69) is 15.6 Å². The fourth-order valence-electron chi connectivity index (χ4n) is 3.29. The SMILES string of the molecule is CC(C)c1cc(Nc2cccc(Cl)c2)ncc1C(=O)NCC1CCS(=O)(=O)C1. The zero-order chi connectivity index (χ0) is 20.3. The summed E-state index contributed by atoms with van der Waals surface area (Å²) in [6.07, 6.45) is 2.16. The second-order valence-corrected chi connectivity index (χ2v) is 10.1. The van der Waals surface area contributed by atoms with E-state index in [1.807, 2.05) is 32.0 Å². The van der Waals surface area contributed by atoms with Crippen LogP contribution in [0, 0.1) is 5.92 Å². The van der Waals surface area contributed by atoms with E-state index in [4.69, 9.17) is 11.6 Å². The fourth-order valence-corrected chi connectivity index (χ4v) is 5.34. The molecule has 0 spiro atoms. The highest BCUT2D eigenvalue weighted by Gasteiger charge is 2.28. The molecule has 28 heavy (non-hydrogen) atoms. The van der Waals surface area contributed by atoms with Crippen molar-refractivity contribution in [3.63, 3.8) is 0 Å². The van der Waals surface area contributed by atoms with Gasteiger partial charge in [-0.05, 0) is 48.1 Å². The Kier molecular flexibility index (Phi) is 6.25. The first-order valence-electron chi connectivity index (χ1n) is 9.24. The molecule has 2 aromatic rings. The third-order valence-corrected chi connectivity index (χ3v) is 6.85. The number of hydrogen-bond donors (Lipinski definition) is 2. The third kappa shape index (κ3) is 5.23. The highest BCUT2D eigenvalue weighted by Crippen LogP contribution is 2.25. The highest BCUT2D eigenvalue weighted by molar-refractivity contribution is 7.91. The van der Waals surface area contributed by atoms with Gasteiger partial charge >= 0.3 is 0 Å². The lowest BCUT2D eigenvalue weighted by Crippen LogP contribution is -2.30. The summed E-state index contributed by atoms with van der Waals surface area (Å²) in [6.45, 7) is 4.38. The molecule has 1 aliphatic heterocycles. The van der Waals surface area contributed by atoms with Gasteiger partial charge in [0, 0.05) is 23.5 Å². The first-order chi connectivity index (χ1) is 13.2. The number of amides is 1. The number of nitrogens with zero attached hydrogens (tertiary/aromatic N) is 1. The quantitative estimate of drug-likeness (QED) is 0.741. The van der Waals surface area contributed by atoms with Crippen molar-refractivity contribution in [1.29, 1.82) is 0 Å². The molecule has 1 aromatic heterocycles. The lowest BCUT2D eigenvalue weighted by atomic mass is 9.98. The second-order valence-electron chi connectivity index (χ2n) is 7.43. The van der Waals surface area contributed by atoms with Crippen molar-refractivity contribution < 1.29 is 13.2 Å². The van der Waals surface area contributed by atoms with Gasteiger partial charge in [0.25, 0.3) is 5.91 Å². The van der Waals surface area contributed by atoms with Crippen LogP contribution in [-0.4, -0.2) is 37.4 Å². The molecule has 1 aliphatic rings. The topological polar surface area (TPSA) is 88.2 Å². The Morgan fingerprint density at radius 3 is 2.75 bits per heavy atom. The average molecular weight is 422 g/mol. The Balaban J connectivity index is 1.72. The Bertz CT molecular complexity index is 976. The third-order valence-electron chi connectivity index (χ3n) is 4.78. The smallest absolute Gasteiger partial charge is 0.253 e. The summed E-state index contributed by atoms with van der Waals surface area (Å²) < 4.78 is 23.1. The van der Waals surface area contributed by atoms with Crippen LogP contribution in [-0.2, 0) is 9.84 Å². The van der Waals surface area contributed by atoms with E-state index in [0.717, 1.165) is 11.3 Å². The molecule has 0 radical (unpaired) electrons. The Morgan fingerprint density at radius 1 is 1.32 bits per heavy atom. The molecule has 0 saturated carbocycles. The molecular formula is C20H24ClN3O3S. The van der Waals surface area contributed by atoms with Crippen molar-refractivity contribution >= 4 is 38.9 Å². The maximum absolute atomic E-state index is 12.7. The highest BCUT2D eigenvalue weighted by atomic mass is 35.5. The number of nitrogens with one attached hydrogen (secondary N) is 2. The van der Waals surface area contributed by atoms with Gasteiger partial charge in [-0.2, -0.15) is 0 Å². The molecule has 1 unspecified atom stereocenters. The van der Waals surface area contributed by atoms with Gasteiger partial charge in [-0.15, -0.1) is 0 Å². The molecule has 150 valence electrons. The maximum atomic E-state index is 12.7. The van der Waals surface area contributed by atoms with E-state index < -0.39 is 9.84 Å². The van der Waals surface area contributed by atoms with E-state index in [1.165, 1.54) is 0 Å². The normalized spacial score (nSPS) is 18.2. The van der Waals surface area contributed by atoms with Crippen LogP contribution in [0.1, 0.15) is 42.1 Å². The summed E-state index contributed by atoms with van der Waals surface area (Å²) in [4.78, 5) is 17.0. The van der Waals surface area contributed by atoms with Crippen molar-refractivity contribution in [2.45, 2.75) is 26.2 Å². The van der Waals surface area contributed by atoms with Crippen LogP contribution in [0.4, 0.5) is 11.5 Å². The zero-order valence-electron chi connectivity index (χ0n) is 15.9. The molecule has 2 heterocycles. The van der Waals surface area contributed by atoms with Crippen LogP contribution in [0.5, 0.6) is 0 Å². The van der Waals surface area contributed by atoms with E-state index in [9.17, 15) is 13.2 Å². The summed E-state index contributed by atoms with van der Waals surface area (Å²) in [5.74, 6) is 0.851. The lowest BCUT2D eigenvalue weighted by Gasteiger charge is -2.16. The first-order valence-corrected chi connectivity index (χ1v) is 11.4. The summed E-state index contributed by atoms with van der Waals surface area (Å²) in [5, 5.41) is 6.69. The van der Waals surface area contributed by atoms with Crippen LogP contribution in [0.15, 0.2) is 36.5 Å².